The fourth-order valence-corrected chi connectivity index (χ4v) is 3.75. The van der Waals surface area contributed by atoms with E-state index in [0.717, 1.165) is 37.5 Å². The highest BCUT2D eigenvalue weighted by Crippen LogP contribution is 2.33. The Kier molecular flexibility index (Phi) is 5.78. The lowest BCUT2D eigenvalue weighted by Crippen LogP contribution is -2.42. The third-order valence-electron chi connectivity index (χ3n) is 5.12. The number of hydrogen-bond donors (Lipinski definition) is 1. The van der Waals surface area contributed by atoms with E-state index in [2.05, 4.69) is 15.2 Å². The number of benzene rings is 1. The third-order valence-corrected chi connectivity index (χ3v) is 5.35. The van der Waals surface area contributed by atoms with E-state index in [0.29, 0.717) is 28.9 Å². The van der Waals surface area contributed by atoms with Crippen LogP contribution in [0.5, 0.6) is 0 Å². The molecule has 8 heteroatoms. The number of nitro benzene ring substituents is 1. The number of rotatable bonds is 6. The molecule has 0 bridgehead atoms. The molecule has 4 rings (SSSR count). The second-order valence-corrected chi connectivity index (χ2v) is 7.45. The maximum absolute atomic E-state index is 11.3. The highest BCUT2D eigenvalue weighted by molar-refractivity contribution is 6.30. The monoisotopic (exact) mass is 412 g/mol. The van der Waals surface area contributed by atoms with Gasteiger partial charge in [0, 0.05) is 36.4 Å². The van der Waals surface area contributed by atoms with Crippen LogP contribution in [0.2, 0.25) is 5.02 Å². The Morgan fingerprint density at radius 2 is 2.03 bits per heavy atom. The molecule has 0 spiro atoms. The maximum atomic E-state index is 11.3. The Bertz CT molecular complexity index is 985. The molecule has 0 unspecified atom stereocenters. The molecule has 150 valence electrons. The van der Waals surface area contributed by atoms with Crippen molar-refractivity contribution < 1.29 is 9.34 Å². The summed E-state index contributed by atoms with van der Waals surface area (Å²) >= 11 is 5.89. The fourth-order valence-electron chi connectivity index (χ4n) is 3.58. The van der Waals surface area contributed by atoms with E-state index in [-0.39, 0.29) is 5.69 Å². The predicted molar refractivity (Wildman–Crippen MR) is 112 cm³/mol. The van der Waals surface area contributed by atoms with Crippen LogP contribution in [0.15, 0.2) is 59.1 Å². The van der Waals surface area contributed by atoms with E-state index in [1.807, 2.05) is 30.5 Å². The first-order valence-corrected chi connectivity index (χ1v) is 9.90. The number of pyridine rings is 1. The van der Waals surface area contributed by atoms with Crippen LogP contribution in [0.1, 0.15) is 18.6 Å². The number of nitrogens with zero attached hydrogens (tertiary/aromatic N) is 3. The zero-order chi connectivity index (χ0) is 20.2. The van der Waals surface area contributed by atoms with Crippen LogP contribution in [0.25, 0.3) is 11.3 Å². The first kappa shape index (κ1) is 19.4. The number of aromatic nitrogens is 1. The van der Waals surface area contributed by atoms with E-state index in [9.17, 15) is 10.1 Å². The van der Waals surface area contributed by atoms with Crippen molar-refractivity contribution in [2.45, 2.75) is 25.4 Å². The van der Waals surface area contributed by atoms with Crippen molar-refractivity contribution in [3.05, 3.63) is 75.6 Å². The van der Waals surface area contributed by atoms with Crippen LogP contribution in [0, 0.1) is 10.1 Å². The Balaban J connectivity index is 1.35. The van der Waals surface area contributed by atoms with Gasteiger partial charge in [-0.05, 0) is 49.2 Å². The molecule has 29 heavy (non-hydrogen) atoms. The Labute approximate surface area is 173 Å². The SMILES string of the molecule is O=[N+]([O-])c1cc(Cl)ccc1-c1ccc(CNC2CCN(c3ccccn3)CC2)o1. The molecule has 3 aromatic rings. The molecule has 1 aliphatic rings. The average molecular weight is 413 g/mol. The highest BCUT2D eigenvalue weighted by Gasteiger charge is 2.21. The minimum atomic E-state index is -0.447. The summed E-state index contributed by atoms with van der Waals surface area (Å²) in [6.07, 6.45) is 3.86. The van der Waals surface area contributed by atoms with Gasteiger partial charge in [0.05, 0.1) is 17.0 Å². The molecule has 0 atom stereocenters. The van der Waals surface area contributed by atoms with Crippen molar-refractivity contribution in [2.24, 2.45) is 0 Å². The van der Waals surface area contributed by atoms with E-state index >= 15 is 0 Å². The molecule has 1 fully saturated rings. The first-order valence-electron chi connectivity index (χ1n) is 9.52. The molecule has 0 amide bonds. The molecule has 1 saturated heterocycles. The Morgan fingerprint density at radius 3 is 2.76 bits per heavy atom. The summed E-state index contributed by atoms with van der Waals surface area (Å²) in [6.45, 7) is 2.49. The third kappa shape index (κ3) is 4.58. The average Bonchev–Trinajstić information content (AvgIpc) is 3.22. The first-order chi connectivity index (χ1) is 14.1. The summed E-state index contributed by atoms with van der Waals surface area (Å²) in [6, 6.07) is 14.6. The van der Waals surface area contributed by atoms with Crippen LogP contribution >= 0.6 is 11.6 Å². The standard InChI is InChI=1S/C21H21ClN4O3/c22-15-4-6-18(19(13-15)26(27)28)20-7-5-17(29-20)14-24-16-8-11-25(12-9-16)21-3-1-2-10-23-21/h1-7,10,13,16,24H,8-9,11-12,14H2. The van der Waals surface area contributed by atoms with E-state index in [4.69, 9.17) is 16.0 Å². The zero-order valence-corrected chi connectivity index (χ0v) is 16.5. The Morgan fingerprint density at radius 1 is 1.21 bits per heavy atom. The molecule has 0 saturated carbocycles. The number of furan rings is 1. The van der Waals surface area contributed by atoms with Gasteiger partial charge in [0.15, 0.2) is 0 Å². The van der Waals surface area contributed by atoms with Crippen molar-refractivity contribution in [2.75, 3.05) is 18.0 Å². The highest BCUT2D eigenvalue weighted by atomic mass is 35.5. The minimum absolute atomic E-state index is 0.0618. The summed E-state index contributed by atoms with van der Waals surface area (Å²) in [5.74, 6) is 2.23. The van der Waals surface area contributed by atoms with E-state index in [1.165, 1.54) is 6.07 Å². The largest absolute Gasteiger partial charge is 0.459 e. The van der Waals surface area contributed by atoms with Gasteiger partial charge in [-0.2, -0.15) is 0 Å². The van der Waals surface area contributed by atoms with Gasteiger partial charge in [0.25, 0.3) is 5.69 Å². The van der Waals surface area contributed by atoms with E-state index in [1.54, 1.807) is 18.2 Å². The van der Waals surface area contributed by atoms with E-state index < -0.39 is 4.92 Å². The van der Waals surface area contributed by atoms with Crippen molar-refractivity contribution >= 4 is 23.1 Å². The number of halogens is 1. The number of hydrogen-bond acceptors (Lipinski definition) is 6. The summed E-state index contributed by atoms with van der Waals surface area (Å²) in [5, 5.41) is 15.2. The van der Waals surface area contributed by atoms with Crippen molar-refractivity contribution in [3.8, 4) is 11.3 Å². The Hall–Kier alpha value is -2.90. The smallest absolute Gasteiger partial charge is 0.281 e. The van der Waals surface area contributed by atoms with Gasteiger partial charge in [-0.15, -0.1) is 0 Å². The molecular formula is C21H21ClN4O3. The summed E-state index contributed by atoms with van der Waals surface area (Å²) < 4.78 is 5.85. The lowest BCUT2D eigenvalue weighted by atomic mass is 10.0. The molecule has 2 aromatic heterocycles. The summed E-state index contributed by atoms with van der Waals surface area (Å²) in [4.78, 5) is 17.6. The molecule has 1 N–H and O–H groups in total. The van der Waals surface area contributed by atoms with Crippen LogP contribution in [-0.2, 0) is 6.54 Å². The van der Waals surface area contributed by atoms with Crippen LogP contribution < -0.4 is 10.2 Å². The van der Waals surface area contributed by atoms with Gasteiger partial charge in [-0.3, -0.25) is 10.1 Å². The van der Waals surface area contributed by atoms with Gasteiger partial charge in [-0.25, -0.2) is 4.98 Å². The quantitative estimate of drug-likeness (QED) is 0.468. The number of piperidine rings is 1. The molecule has 1 aliphatic heterocycles. The van der Waals surface area contributed by atoms with Crippen molar-refractivity contribution in [3.63, 3.8) is 0 Å². The second kappa shape index (κ2) is 8.63. The zero-order valence-electron chi connectivity index (χ0n) is 15.8. The lowest BCUT2D eigenvalue weighted by molar-refractivity contribution is -0.384. The molecule has 3 heterocycles. The summed E-state index contributed by atoms with van der Waals surface area (Å²) in [7, 11) is 0. The van der Waals surface area contributed by atoms with Gasteiger partial charge in [0.1, 0.15) is 17.3 Å². The van der Waals surface area contributed by atoms with Crippen molar-refractivity contribution in [1.29, 1.82) is 0 Å². The maximum Gasteiger partial charge on any atom is 0.281 e. The lowest BCUT2D eigenvalue weighted by Gasteiger charge is -2.33. The predicted octanol–water partition coefficient (Wildman–Crippen LogP) is 4.66. The molecule has 1 aromatic carbocycles. The molecule has 0 radical (unpaired) electrons. The van der Waals surface area contributed by atoms with Crippen LogP contribution in [-0.4, -0.2) is 29.0 Å². The van der Waals surface area contributed by atoms with Gasteiger partial charge in [-0.1, -0.05) is 17.7 Å². The van der Waals surface area contributed by atoms with Crippen molar-refractivity contribution in [1.82, 2.24) is 10.3 Å². The number of anilines is 1. The minimum Gasteiger partial charge on any atom is -0.459 e. The van der Waals surface area contributed by atoms with Gasteiger partial charge in [0.2, 0.25) is 0 Å². The molecule has 7 nitrogen and oxygen atoms in total. The molecular weight excluding hydrogens is 392 g/mol. The normalized spacial score (nSPS) is 14.9. The second-order valence-electron chi connectivity index (χ2n) is 7.01. The van der Waals surface area contributed by atoms with Crippen LogP contribution in [0.4, 0.5) is 11.5 Å². The number of nitrogens with one attached hydrogen (secondary N) is 1. The fraction of sp³-hybridized carbons (Fsp3) is 0.286. The topological polar surface area (TPSA) is 84.4 Å². The van der Waals surface area contributed by atoms with Gasteiger partial charge >= 0.3 is 0 Å². The molecule has 0 aliphatic carbocycles. The van der Waals surface area contributed by atoms with Gasteiger partial charge < -0.3 is 14.6 Å². The van der Waals surface area contributed by atoms with Crippen LogP contribution in [0.3, 0.4) is 0 Å². The number of nitro groups is 1. The summed E-state index contributed by atoms with van der Waals surface area (Å²) in [5.41, 5.74) is 0.363.